The maximum Gasteiger partial charge on any atom is 0.237 e. The van der Waals surface area contributed by atoms with Crippen LogP contribution in [0.2, 0.25) is 0 Å². The summed E-state index contributed by atoms with van der Waals surface area (Å²) >= 11 is 2.45. The minimum atomic E-state index is -0.712. The van der Waals surface area contributed by atoms with Crippen LogP contribution in [-0.4, -0.2) is 22.0 Å². The van der Waals surface area contributed by atoms with Crippen LogP contribution in [0, 0.1) is 18.6 Å². The number of thioether (sulfide) groups is 1. The molecule has 128 valence electrons. The minimum absolute atomic E-state index is 0.0964. The molecule has 1 aromatic heterocycles. The Balaban J connectivity index is 2.04. The van der Waals surface area contributed by atoms with Crippen LogP contribution in [0.3, 0.4) is 0 Å². The van der Waals surface area contributed by atoms with E-state index in [2.05, 4.69) is 10.3 Å². The van der Waals surface area contributed by atoms with Gasteiger partial charge in [-0.1, -0.05) is 11.8 Å². The van der Waals surface area contributed by atoms with E-state index in [4.69, 9.17) is 5.73 Å². The molecule has 0 aliphatic rings. The lowest BCUT2D eigenvalue weighted by Crippen LogP contribution is -2.23. The molecule has 0 fully saturated rings. The summed E-state index contributed by atoms with van der Waals surface area (Å²) in [5.41, 5.74) is 5.64. The molecule has 0 saturated carbocycles. The maximum atomic E-state index is 13.6. The molecule has 2 amide bonds. The van der Waals surface area contributed by atoms with Gasteiger partial charge in [-0.2, -0.15) is 0 Å². The molecule has 3 N–H and O–H groups in total. The van der Waals surface area contributed by atoms with Gasteiger partial charge in [-0.15, -0.1) is 11.3 Å². The Kier molecular flexibility index (Phi) is 5.89. The fraction of sp³-hybridized carbons (Fsp3) is 0.267. The third-order valence-electron chi connectivity index (χ3n) is 3.04. The summed E-state index contributed by atoms with van der Waals surface area (Å²) in [7, 11) is 0. The molecule has 1 atom stereocenters. The van der Waals surface area contributed by atoms with E-state index in [1.807, 2.05) is 0 Å². The smallest absolute Gasteiger partial charge is 0.237 e. The molecule has 1 heterocycles. The molecular formula is C15H15F2N3O2S2. The molecule has 0 saturated heterocycles. The highest BCUT2D eigenvalue weighted by Gasteiger charge is 2.19. The standard InChI is InChI=1S/C15H15F2N3O2S2/c1-7-12(6-13(18)21)24-15(19-7)23-8(2)14(22)20-11-5-9(16)3-4-10(11)17/h3-5,8H,6H2,1-2H3,(H2,18,21)(H,20,22). The van der Waals surface area contributed by atoms with Gasteiger partial charge in [-0.05, 0) is 26.0 Å². The molecule has 0 radical (unpaired) electrons. The Morgan fingerprint density at radius 1 is 1.42 bits per heavy atom. The largest absolute Gasteiger partial charge is 0.369 e. The van der Waals surface area contributed by atoms with Crippen LogP contribution in [-0.2, 0) is 16.0 Å². The second-order valence-electron chi connectivity index (χ2n) is 5.00. The number of carbonyl (C=O) groups is 2. The fourth-order valence-corrected chi connectivity index (χ4v) is 4.19. The van der Waals surface area contributed by atoms with Gasteiger partial charge in [0.2, 0.25) is 11.8 Å². The number of rotatable bonds is 6. The highest BCUT2D eigenvalue weighted by Crippen LogP contribution is 2.31. The van der Waals surface area contributed by atoms with Crippen molar-refractivity contribution in [3.8, 4) is 0 Å². The Labute approximate surface area is 145 Å². The summed E-state index contributed by atoms with van der Waals surface area (Å²) in [4.78, 5) is 28.1. The van der Waals surface area contributed by atoms with Crippen molar-refractivity contribution in [1.82, 2.24) is 4.98 Å². The first-order valence-corrected chi connectivity index (χ1v) is 8.63. The Bertz CT molecular complexity index is 780. The molecule has 0 aliphatic carbocycles. The maximum absolute atomic E-state index is 13.6. The fourth-order valence-electron chi connectivity index (χ4n) is 1.81. The predicted molar refractivity (Wildman–Crippen MR) is 90.1 cm³/mol. The van der Waals surface area contributed by atoms with Crippen LogP contribution < -0.4 is 11.1 Å². The van der Waals surface area contributed by atoms with Crippen molar-refractivity contribution in [2.45, 2.75) is 29.9 Å². The molecule has 0 spiro atoms. The summed E-state index contributed by atoms with van der Waals surface area (Å²) < 4.78 is 27.3. The van der Waals surface area contributed by atoms with Gasteiger partial charge >= 0.3 is 0 Å². The van der Waals surface area contributed by atoms with Gasteiger partial charge in [-0.3, -0.25) is 9.59 Å². The highest BCUT2D eigenvalue weighted by molar-refractivity contribution is 8.02. The van der Waals surface area contributed by atoms with Crippen molar-refractivity contribution in [1.29, 1.82) is 0 Å². The highest BCUT2D eigenvalue weighted by atomic mass is 32.2. The zero-order valence-electron chi connectivity index (χ0n) is 12.9. The number of amides is 2. The van der Waals surface area contributed by atoms with Gasteiger partial charge in [0, 0.05) is 10.9 Å². The minimum Gasteiger partial charge on any atom is -0.369 e. The molecule has 24 heavy (non-hydrogen) atoms. The van der Waals surface area contributed by atoms with E-state index >= 15 is 0 Å². The third-order valence-corrected chi connectivity index (χ3v) is 5.39. The van der Waals surface area contributed by atoms with E-state index in [0.29, 0.717) is 10.0 Å². The van der Waals surface area contributed by atoms with Crippen molar-refractivity contribution >= 4 is 40.6 Å². The Morgan fingerprint density at radius 3 is 2.79 bits per heavy atom. The number of nitrogens with zero attached hydrogens (tertiary/aromatic N) is 1. The van der Waals surface area contributed by atoms with Crippen LogP contribution in [0.5, 0.6) is 0 Å². The average molecular weight is 371 g/mol. The van der Waals surface area contributed by atoms with Crippen LogP contribution in [0.15, 0.2) is 22.5 Å². The van der Waals surface area contributed by atoms with Crippen LogP contribution in [0.1, 0.15) is 17.5 Å². The zero-order chi connectivity index (χ0) is 17.9. The van der Waals surface area contributed by atoms with E-state index in [-0.39, 0.29) is 12.1 Å². The number of nitrogens with two attached hydrogens (primary N) is 1. The molecular weight excluding hydrogens is 356 g/mol. The number of benzene rings is 1. The van der Waals surface area contributed by atoms with Gasteiger partial charge < -0.3 is 11.1 Å². The van der Waals surface area contributed by atoms with Gasteiger partial charge in [0.25, 0.3) is 0 Å². The molecule has 0 bridgehead atoms. The first-order valence-electron chi connectivity index (χ1n) is 6.93. The van der Waals surface area contributed by atoms with Crippen molar-refractivity contribution in [3.63, 3.8) is 0 Å². The van der Waals surface area contributed by atoms with E-state index in [9.17, 15) is 18.4 Å². The first-order chi connectivity index (χ1) is 11.3. The zero-order valence-corrected chi connectivity index (χ0v) is 14.6. The van der Waals surface area contributed by atoms with Crippen molar-refractivity contribution < 1.29 is 18.4 Å². The van der Waals surface area contributed by atoms with Crippen molar-refractivity contribution in [2.24, 2.45) is 5.73 Å². The number of nitrogens with one attached hydrogen (secondary N) is 1. The van der Waals surface area contributed by atoms with Crippen LogP contribution in [0.4, 0.5) is 14.5 Å². The van der Waals surface area contributed by atoms with E-state index in [1.165, 1.54) is 23.1 Å². The lowest BCUT2D eigenvalue weighted by molar-refractivity contribution is -0.117. The second-order valence-corrected chi connectivity index (χ2v) is 7.68. The molecule has 9 heteroatoms. The van der Waals surface area contributed by atoms with Gasteiger partial charge in [0.15, 0.2) is 4.34 Å². The number of anilines is 1. The van der Waals surface area contributed by atoms with Gasteiger partial charge in [-0.25, -0.2) is 13.8 Å². The molecule has 2 rings (SSSR count). The molecule has 2 aromatic rings. The topological polar surface area (TPSA) is 85.1 Å². The number of aryl methyl sites for hydroxylation is 1. The Hall–Kier alpha value is -2.00. The molecule has 0 aliphatic heterocycles. The Morgan fingerprint density at radius 2 is 2.12 bits per heavy atom. The first kappa shape index (κ1) is 18.3. The van der Waals surface area contributed by atoms with Gasteiger partial charge in [0.1, 0.15) is 11.6 Å². The number of aromatic nitrogens is 1. The number of thiazole rings is 1. The summed E-state index contributed by atoms with van der Waals surface area (Å²) in [6.45, 7) is 3.38. The number of halogens is 2. The average Bonchev–Trinajstić information content (AvgIpc) is 2.81. The predicted octanol–water partition coefficient (Wildman–Crippen LogP) is 2.88. The number of hydrogen-bond acceptors (Lipinski definition) is 5. The molecule has 1 unspecified atom stereocenters. The normalized spacial score (nSPS) is 12.0. The monoisotopic (exact) mass is 371 g/mol. The summed E-state index contributed by atoms with van der Waals surface area (Å²) in [6.07, 6.45) is 0.0964. The summed E-state index contributed by atoms with van der Waals surface area (Å²) in [5, 5.41) is 1.77. The molecule has 1 aromatic carbocycles. The van der Waals surface area contributed by atoms with Crippen molar-refractivity contribution in [2.75, 3.05) is 5.32 Å². The second kappa shape index (κ2) is 7.71. The number of carbonyl (C=O) groups excluding carboxylic acids is 2. The van der Waals surface area contributed by atoms with Crippen molar-refractivity contribution in [3.05, 3.63) is 40.4 Å². The summed E-state index contributed by atoms with van der Waals surface area (Å²) in [5.74, 6) is -2.28. The van der Waals surface area contributed by atoms with Gasteiger partial charge in [0.05, 0.1) is 23.1 Å². The summed E-state index contributed by atoms with van der Waals surface area (Å²) in [6, 6.07) is 2.84. The SMILES string of the molecule is Cc1nc(SC(C)C(=O)Nc2cc(F)ccc2F)sc1CC(N)=O. The third kappa shape index (κ3) is 4.75. The lowest BCUT2D eigenvalue weighted by Gasteiger charge is -2.11. The number of primary amides is 1. The van der Waals surface area contributed by atoms with E-state index < -0.39 is 28.7 Å². The van der Waals surface area contributed by atoms with E-state index in [0.717, 1.165) is 23.1 Å². The molecule has 5 nitrogen and oxygen atoms in total. The number of hydrogen-bond donors (Lipinski definition) is 2. The van der Waals surface area contributed by atoms with Crippen LogP contribution in [0.25, 0.3) is 0 Å². The van der Waals surface area contributed by atoms with E-state index in [1.54, 1.807) is 13.8 Å². The van der Waals surface area contributed by atoms with Crippen LogP contribution >= 0.6 is 23.1 Å². The lowest BCUT2D eigenvalue weighted by atomic mass is 10.3. The quantitative estimate of drug-likeness (QED) is 0.765.